The Labute approximate surface area is 157 Å². The van der Waals surface area contributed by atoms with E-state index in [-0.39, 0.29) is 17.9 Å². The van der Waals surface area contributed by atoms with Crippen molar-refractivity contribution in [3.8, 4) is 0 Å². The third-order valence-corrected chi connectivity index (χ3v) is 7.78. The Bertz CT molecular complexity index is 778. The van der Waals surface area contributed by atoms with Gasteiger partial charge in [-0.3, -0.25) is 4.79 Å². The summed E-state index contributed by atoms with van der Waals surface area (Å²) in [4.78, 5) is 12.7. The molecule has 0 spiro atoms. The van der Waals surface area contributed by atoms with Gasteiger partial charge in [-0.1, -0.05) is 6.07 Å². The molecule has 0 atom stereocenters. The van der Waals surface area contributed by atoms with Crippen LogP contribution in [0, 0.1) is 12.8 Å². The Morgan fingerprint density at radius 2 is 1.81 bits per heavy atom. The zero-order valence-corrected chi connectivity index (χ0v) is 16.8. The summed E-state index contributed by atoms with van der Waals surface area (Å²) in [6.45, 7) is 5.46. The summed E-state index contributed by atoms with van der Waals surface area (Å²) >= 11 is 0. The van der Waals surface area contributed by atoms with Crippen LogP contribution >= 0.6 is 0 Å². The van der Waals surface area contributed by atoms with E-state index < -0.39 is 15.3 Å². The lowest BCUT2D eigenvalue weighted by Crippen LogP contribution is -2.42. The lowest BCUT2D eigenvalue weighted by atomic mass is 9.86. The van der Waals surface area contributed by atoms with Crippen molar-refractivity contribution < 1.29 is 13.2 Å². The van der Waals surface area contributed by atoms with Crippen LogP contribution in [0.2, 0.25) is 0 Å². The molecule has 0 saturated heterocycles. The SMILES string of the molecule is Cc1c(NC(=O)[C@H]2CC[C@H](NS(=O)(=O)C(C)C)CC2)ccc2c1CCC2. The van der Waals surface area contributed by atoms with Gasteiger partial charge in [-0.05, 0) is 88.5 Å². The molecular formula is C20H30N2O3S. The number of benzene rings is 1. The lowest BCUT2D eigenvalue weighted by molar-refractivity contribution is -0.120. The number of aryl methyl sites for hydroxylation is 1. The predicted molar refractivity (Wildman–Crippen MR) is 105 cm³/mol. The highest BCUT2D eigenvalue weighted by atomic mass is 32.2. The number of hydrogen-bond donors (Lipinski definition) is 2. The van der Waals surface area contributed by atoms with Crippen molar-refractivity contribution in [1.29, 1.82) is 0 Å². The van der Waals surface area contributed by atoms with E-state index >= 15 is 0 Å². The van der Waals surface area contributed by atoms with Gasteiger partial charge in [0, 0.05) is 17.6 Å². The number of amides is 1. The predicted octanol–water partition coefficient (Wildman–Crippen LogP) is 3.31. The minimum Gasteiger partial charge on any atom is -0.326 e. The summed E-state index contributed by atoms with van der Waals surface area (Å²) in [5, 5.41) is 2.69. The first-order valence-electron chi connectivity index (χ1n) is 9.71. The van der Waals surface area contributed by atoms with Crippen molar-refractivity contribution in [2.24, 2.45) is 5.92 Å². The molecule has 1 saturated carbocycles. The fourth-order valence-corrected chi connectivity index (χ4v) is 5.04. The highest BCUT2D eigenvalue weighted by molar-refractivity contribution is 7.90. The number of sulfonamides is 1. The second-order valence-corrected chi connectivity index (χ2v) is 10.2. The van der Waals surface area contributed by atoms with Crippen molar-refractivity contribution >= 4 is 21.6 Å². The quantitative estimate of drug-likeness (QED) is 0.825. The van der Waals surface area contributed by atoms with Crippen LogP contribution in [0.5, 0.6) is 0 Å². The van der Waals surface area contributed by atoms with Crippen LogP contribution in [0.25, 0.3) is 0 Å². The van der Waals surface area contributed by atoms with E-state index in [2.05, 4.69) is 23.0 Å². The number of nitrogens with one attached hydrogen (secondary N) is 2. The first kappa shape index (κ1) is 19.4. The Morgan fingerprint density at radius 1 is 1.12 bits per heavy atom. The Kier molecular flexibility index (Phi) is 5.72. The zero-order chi connectivity index (χ0) is 18.9. The fourth-order valence-electron chi connectivity index (χ4n) is 4.06. The average molecular weight is 379 g/mol. The van der Waals surface area contributed by atoms with Gasteiger partial charge in [0.1, 0.15) is 0 Å². The highest BCUT2D eigenvalue weighted by Crippen LogP contribution is 2.31. The molecule has 2 aliphatic carbocycles. The largest absolute Gasteiger partial charge is 0.326 e. The molecule has 1 amide bonds. The Hall–Kier alpha value is -1.40. The summed E-state index contributed by atoms with van der Waals surface area (Å²) in [5.74, 6) is 0.0265. The van der Waals surface area contributed by atoms with E-state index in [4.69, 9.17) is 0 Å². The van der Waals surface area contributed by atoms with Crippen molar-refractivity contribution in [3.63, 3.8) is 0 Å². The summed E-state index contributed by atoms with van der Waals surface area (Å²) < 4.78 is 26.8. The standard InChI is InChI=1S/C20H30N2O3S/c1-13(2)26(24,25)22-17-10-7-16(8-11-17)20(23)21-19-12-9-15-5-4-6-18(15)14(19)3/h9,12-13,16-17,22H,4-8,10-11H2,1-3H3,(H,21,23)/t16-,17-. The van der Waals surface area contributed by atoms with Crippen LogP contribution in [0.4, 0.5) is 5.69 Å². The molecule has 2 aliphatic rings. The summed E-state index contributed by atoms with van der Waals surface area (Å²) in [7, 11) is -3.25. The van der Waals surface area contributed by atoms with Crippen LogP contribution in [-0.2, 0) is 27.7 Å². The van der Waals surface area contributed by atoms with Crippen LogP contribution in [0.3, 0.4) is 0 Å². The first-order valence-corrected chi connectivity index (χ1v) is 11.3. The molecule has 1 fully saturated rings. The zero-order valence-electron chi connectivity index (χ0n) is 16.0. The van der Waals surface area contributed by atoms with Gasteiger partial charge in [-0.25, -0.2) is 13.1 Å². The van der Waals surface area contributed by atoms with Crippen molar-refractivity contribution in [2.75, 3.05) is 5.32 Å². The van der Waals surface area contributed by atoms with Gasteiger partial charge in [0.05, 0.1) is 5.25 Å². The van der Waals surface area contributed by atoms with Crippen LogP contribution in [0.1, 0.15) is 62.6 Å². The molecule has 0 aromatic heterocycles. The molecular weight excluding hydrogens is 348 g/mol. The van der Waals surface area contributed by atoms with Crippen LogP contribution in [-0.4, -0.2) is 25.6 Å². The van der Waals surface area contributed by atoms with Gasteiger partial charge in [0.15, 0.2) is 0 Å². The van der Waals surface area contributed by atoms with E-state index in [1.807, 2.05) is 6.07 Å². The Balaban J connectivity index is 1.56. The minimum atomic E-state index is -3.25. The summed E-state index contributed by atoms with van der Waals surface area (Å²) in [6.07, 6.45) is 6.32. The maximum absolute atomic E-state index is 12.7. The molecule has 0 aliphatic heterocycles. The van der Waals surface area contributed by atoms with Gasteiger partial charge in [-0.15, -0.1) is 0 Å². The highest BCUT2D eigenvalue weighted by Gasteiger charge is 2.30. The lowest BCUT2D eigenvalue weighted by Gasteiger charge is -2.29. The third-order valence-electron chi connectivity index (χ3n) is 5.88. The van der Waals surface area contributed by atoms with E-state index in [1.165, 1.54) is 23.1 Å². The molecule has 2 N–H and O–H groups in total. The number of carbonyl (C=O) groups is 1. The average Bonchev–Trinajstić information content (AvgIpc) is 3.07. The van der Waals surface area contributed by atoms with Gasteiger partial charge in [0.2, 0.25) is 15.9 Å². The summed E-state index contributed by atoms with van der Waals surface area (Å²) in [6, 6.07) is 4.12. The molecule has 1 aromatic carbocycles. The van der Waals surface area contributed by atoms with Gasteiger partial charge in [0.25, 0.3) is 0 Å². The van der Waals surface area contributed by atoms with Crippen LogP contribution < -0.4 is 10.0 Å². The monoisotopic (exact) mass is 378 g/mol. The smallest absolute Gasteiger partial charge is 0.227 e. The Morgan fingerprint density at radius 3 is 2.46 bits per heavy atom. The molecule has 1 aromatic rings. The molecule has 144 valence electrons. The van der Waals surface area contributed by atoms with Crippen molar-refractivity contribution in [3.05, 3.63) is 28.8 Å². The normalized spacial score (nSPS) is 23.1. The van der Waals surface area contributed by atoms with Crippen molar-refractivity contribution in [1.82, 2.24) is 4.72 Å². The number of anilines is 1. The van der Waals surface area contributed by atoms with E-state index in [9.17, 15) is 13.2 Å². The number of carbonyl (C=O) groups excluding carboxylic acids is 1. The maximum Gasteiger partial charge on any atom is 0.227 e. The van der Waals surface area contributed by atoms with Crippen molar-refractivity contribution in [2.45, 2.75) is 77.0 Å². The second-order valence-electron chi connectivity index (χ2n) is 7.98. The van der Waals surface area contributed by atoms with Gasteiger partial charge in [-0.2, -0.15) is 0 Å². The molecule has 6 heteroatoms. The molecule has 3 rings (SSSR count). The molecule has 0 unspecified atom stereocenters. The molecule has 0 bridgehead atoms. The first-order chi connectivity index (χ1) is 12.3. The maximum atomic E-state index is 12.7. The summed E-state index contributed by atoms with van der Waals surface area (Å²) in [5.41, 5.74) is 4.94. The van der Waals surface area contributed by atoms with E-state index in [1.54, 1.807) is 13.8 Å². The number of hydrogen-bond acceptors (Lipinski definition) is 3. The minimum absolute atomic E-state index is 0.0394. The van der Waals surface area contributed by atoms with Gasteiger partial charge < -0.3 is 5.32 Å². The fraction of sp³-hybridized carbons (Fsp3) is 0.650. The molecule has 26 heavy (non-hydrogen) atoms. The molecule has 0 radical (unpaired) electrons. The van der Waals surface area contributed by atoms with E-state index in [0.29, 0.717) is 12.8 Å². The molecule has 5 nitrogen and oxygen atoms in total. The topological polar surface area (TPSA) is 75.3 Å². The van der Waals surface area contributed by atoms with Gasteiger partial charge >= 0.3 is 0 Å². The third kappa shape index (κ3) is 4.12. The second kappa shape index (κ2) is 7.69. The number of fused-ring (bicyclic) bond motifs is 1. The van der Waals surface area contributed by atoms with E-state index in [0.717, 1.165) is 31.4 Å². The number of rotatable bonds is 5. The van der Waals surface area contributed by atoms with Crippen LogP contribution in [0.15, 0.2) is 12.1 Å². The molecule has 0 heterocycles.